The van der Waals surface area contributed by atoms with E-state index in [9.17, 15) is 10.2 Å². The highest BCUT2D eigenvalue weighted by atomic mass is 16.3. The number of aliphatic hydroxyl groups is 2. The van der Waals surface area contributed by atoms with Crippen molar-refractivity contribution in [2.45, 2.75) is 6.92 Å². The van der Waals surface area contributed by atoms with E-state index in [0.717, 1.165) is 0 Å². The van der Waals surface area contributed by atoms with Gasteiger partial charge < -0.3 is 10.2 Å². The van der Waals surface area contributed by atoms with Crippen molar-refractivity contribution in [2.75, 3.05) is 0 Å². The van der Waals surface area contributed by atoms with Crippen LogP contribution in [0.2, 0.25) is 0 Å². The van der Waals surface area contributed by atoms with Gasteiger partial charge in [0.15, 0.2) is 0 Å². The summed E-state index contributed by atoms with van der Waals surface area (Å²) in [6.07, 6.45) is 10.7. The predicted molar refractivity (Wildman–Crippen MR) is 73.9 cm³/mol. The van der Waals surface area contributed by atoms with Crippen LogP contribution in [0.4, 0.5) is 0 Å². The highest BCUT2D eigenvalue weighted by molar-refractivity contribution is 5.53. The van der Waals surface area contributed by atoms with Crippen LogP contribution in [0.3, 0.4) is 0 Å². The average molecular weight is 230 g/mol. The quantitative estimate of drug-likeness (QED) is 0.527. The van der Waals surface area contributed by atoms with Crippen molar-refractivity contribution in [2.24, 2.45) is 0 Å². The lowest BCUT2D eigenvalue weighted by Gasteiger charge is -2.08. The van der Waals surface area contributed by atoms with E-state index in [1.54, 1.807) is 19.1 Å². The fourth-order valence-electron chi connectivity index (χ4n) is 1.23. The Morgan fingerprint density at radius 3 is 2.00 bits per heavy atom. The minimum Gasteiger partial charge on any atom is -0.507 e. The topological polar surface area (TPSA) is 40.5 Å². The van der Waals surface area contributed by atoms with Crippen molar-refractivity contribution in [1.82, 2.24) is 0 Å². The first kappa shape index (κ1) is 14.8. The van der Waals surface area contributed by atoms with Crippen molar-refractivity contribution in [3.63, 3.8) is 0 Å². The molecule has 0 fully saturated rings. The summed E-state index contributed by atoms with van der Waals surface area (Å²) >= 11 is 0. The molecule has 0 unspecified atom stereocenters. The van der Waals surface area contributed by atoms with E-state index in [1.807, 2.05) is 0 Å². The highest BCUT2D eigenvalue weighted by Gasteiger charge is 2.09. The molecule has 0 bridgehead atoms. The van der Waals surface area contributed by atoms with E-state index >= 15 is 0 Å². The molecular weight excluding hydrogens is 212 g/mol. The van der Waals surface area contributed by atoms with Crippen LogP contribution in [0.15, 0.2) is 84.9 Å². The minimum absolute atomic E-state index is 0.00847. The Balaban J connectivity index is 5.77. The van der Waals surface area contributed by atoms with Crippen LogP contribution in [0.1, 0.15) is 6.92 Å². The molecule has 0 aliphatic rings. The molecule has 0 aromatic rings. The zero-order valence-electron chi connectivity index (χ0n) is 10.1. The second kappa shape index (κ2) is 7.99. The Morgan fingerprint density at radius 1 is 1.00 bits per heavy atom. The van der Waals surface area contributed by atoms with Crippen LogP contribution in [-0.2, 0) is 0 Å². The molecule has 0 amide bonds. The molecule has 2 heteroatoms. The SMILES string of the molecule is C=C/C=C(C(/C=C)=C(O)/C=C\C)\C(O)=C/C=C. The van der Waals surface area contributed by atoms with E-state index in [0.29, 0.717) is 11.1 Å². The molecule has 17 heavy (non-hydrogen) atoms. The van der Waals surface area contributed by atoms with Crippen LogP contribution < -0.4 is 0 Å². The maximum Gasteiger partial charge on any atom is 0.123 e. The maximum atomic E-state index is 9.82. The van der Waals surface area contributed by atoms with Gasteiger partial charge in [0, 0.05) is 11.1 Å². The van der Waals surface area contributed by atoms with E-state index in [4.69, 9.17) is 0 Å². The molecule has 2 nitrogen and oxygen atoms in total. The highest BCUT2D eigenvalue weighted by Crippen LogP contribution is 2.22. The first-order valence-electron chi connectivity index (χ1n) is 5.15. The molecule has 0 aromatic carbocycles. The van der Waals surface area contributed by atoms with Crippen LogP contribution in [-0.4, -0.2) is 10.2 Å². The third-order valence-corrected chi connectivity index (χ3v) is 1.93. The Labute approximate surface area is 103 Å². The molecule has 0 heterocycles. The summed E-state index contributed by atoms with van der Waals surface area (Å²) in [6, 6.07) is 0. The summed E-state index contributed by atoms with van der Waals surface area (Å²) in [5, 5.41) is 19.6. The Bertz CT molecular complexity index is 418. The number of rotatable bonds is 6. The van der Waals surface area contributed by atoms with Gasteiger partial charge in [0.05, 0.1) is 0 Å². The molecule has 0 aliphatic heterocycles. The fourth-order valence-corrected chi connectivity index (χ4v) is 1.23. The lowest BCUT2D eigenvalue weighted by atomic mass is 10.0. The van der Waals surface area contributed by atoms with Gasteiger partial charge in [-0.3, -0.25) is 0 Å². The van der Waals surface area contributed by atoms with Gasteiger partial charge >= 0.3 is 0 Å². The number of hydrogen-bond donors (Lipinski definition) is 2. The lowest BCUT2D eigenvalue weighted by Crippen LogP contribution is -1.95. The molecule has 90 valence electrons. The van der Waals surface area contributed by atoms with Crippen LogP contribution >= 0.6 is 0 Å². The van der Waals surface area contributed by atoms with Gasteiger partial charge in [-0.15, -0.1) is 0 Å². The fraction of sp³-hybridized carbons (Fsp3) is 0.0667. The molecular formula is C15H18O2. The van der Waals surface area contributed by atoms with Crippen LogP contribution in [0, 0.1) is 0 Å². The Kier molecular flexibility index (Phi) is 6.95. The third-order valence-electron chi connectivity index (χ3n) is 1.93. The van der Waals surface area contributed by atoms with E-state index in [-0.39, 0.29) is 11.5 Å². The monoisotopic (exact) mass is 230 g/mol. The summed E-state index contributed by atoms with van der Waals surface area (Å²) in [6.45, 7) is 12.5. The van der Waals surface area contributed by atoms with E-state index in [1.165, 1.54) is 30.4 Å². The molecule has 0 radical (unpaired) electrons. The zero-order valence-corrected chi connectivity index (χ0v) is 10.1. The second-order valence-electron chi connectivity index (χ2n) is 3.11. The standard InChI is InChI=1S/C15H18O2/c1-5-9-13(15(17)11-7-3)12(8-4)14(16)10-6-2/h5-11,16-17H,1,3-4H2,2H3/b10-6-,13-9-,14-12-,15-11+. The van der Waals surface area contributed by atoms with Crippen LogP contribution in [0.5, 0.6) is 0 Å². The molecule has 0 spiro atoms. The molecule has 0 atom stereocenters. The van der Waals surface area contributed by atoms with Crippen molar-refractivity contribution in [1.29, 1.82) is 0 Å². The summed E-state index contributed by atoms with van der Waals surface area (Å²) in [4.78, 5) is 0. The van der Waals surface area contributed by atoms with Crippen molar-refractivity contribution >= 4 is 0 Å². The van der Waals surface area contributed by atoms with Crippen molar-refractivity contribution in [3.8, 4) is 0 Å². The summed E-state index contributed by atoms with van der Waals surface area (Å²) < 4.78 is 0. The smallest absolute Gasteiger partial charge is 0.123 e. The van der Waals surface area contributed by atoms with E-state index < -0.39 is 0 Å². The third kappa shape index (κ3) is 4.43. The largest absolute Gasteiger partial charge is 0.507 e. The van der Waals surface area contributed by atoms with Gasteiger partial charge in [0.2, 0.25) is 0 Å². The minimum atomic E-state index is -0.00847. The first-order valence-corrected chi connectivity index (χ1v) is 5.15. The summed E-state index contributed by atoms with van der Waals surface area (Å²) in [5.74, 6) is 0.0189. The second-order valence-corrected chi connectivity index (χ2v) is 3.11. The molecule has 0 rings (SSSR count). The normalized spacial score (nSPS) is 14.4. The number of hydrogen-bond acceptors (Lipinski definition) is 2. The van der Waals surface area contributed by atoms with Gasteiger partial charge in [-0.05, 0) is 19.1 Å². The Hall–Kier alpha value is -2.22. The van der Waals surface area contributed by atoms with Crippen molar-refractivity contribution in [3.05, 3.63) is 84.9 Å². The van der Waals surface area contributed by atoms with Crippen molar-refractivity contribution < 1.29 is 10.2 Å². The molecule has 0 aromatic heterocycles. The molecule has 0 aliphatic carbocycles. The van der Waals surface area contributed by atoms with Gasteiger partial charge in [-0.25, -0.2) is 0 Å². The molecule has 2 N–H and O–H groups in total. The molecule has 0 saturated heterocycles. The lowest BCUT2D eigenvalue weighted by molar-refractivity contribution is 0.413. The van der Waals surface area contributed by atoms with Crippen LogP contribution in [0.25, 0.3) is 0 Å². The maximum absolute atomic E-state index is 9.82. The summed E-state index contributed by atoms with van der Waals surface area (Å²) in [5.41, 5.74) is 0.865. The van der Waals surface area contributed by atoms with Gasteiger partial charge in [0.25, 0.3) is 0 Å². The van der Waals surface area contributed by atoms with Gasteiger partial charge in [-0.2, -0.15) is 0 Å². The van der Waals surface area contributed by atoms with E-state index in [2.05, 4.69) is 19.7 Å². The van der Waals surface area contributed by atoms with Gasteiger partial charge in [0.1, 0.15) is 11.5 Å². The predicted octanol–water partition coefficient (Wildman–Crippen LogP) is 4.30. The number of allylic oxidation sites excluding steroid dienone is 8. The zero-order chi connectivity index (χ0) is 13.3. The van der Waals surface area contributed by atoms with Gasteiger partial charge in [-0.1, -0.05) is 50.1 Å². The Morgan fingerprint density at radius 2 is 1.59 bits per heavy atom. The number of aliphatic hydroxyl groups excluding tert-OH is 2. The average Bonchev–Trinajstić information content (AvgIpc) is 2.29. The molecule has 0 saturated carbocycles. The summed E-state index contributed by atoms with van der Waals surface area (Å²) in [7, 11) is 0. The first-order chi connectivity index (χ1) is 8.12.